The predicted molar refractivity (Wildman–Crippen MR) is 117 cm³/mol. The first-order valence-electron chi connectivity index (χ1n) is 9.41. The molecule has 7 nitrogen and oxygen atoms in total. The van der Waals surface area contributed by atoms with Crippen LogP contribution in [0.15, 0.2) is 64.3 Å². The number of carbonyl (C=O) groups is 3. The van der Waals surface area contributed by atoms with Crippen molar-refractivity contribution < 1.29 is 19.1 Å². The molecule has 30 heavy (non-hydrogen) atoms. The van der Waals surface area contributed by atoms with E-state index < -0.39 is 12.0 Å². The predicted octanol–water partition coefficient (Wildman–Crippen LogP) is 4.23. The number of ether oxygens (including phenoxy) is 1. The molecule has 0 fully saturated rings. The Bertz CT molecular complexity index is 1020. The van der Waals surface area contributed by atoms with Gasteiger partial charge < -0.3 is 20.3 Å². The number of rotatable bonds is 5. The van der Waals surface area contributed by atoms with Crippen molar-refractivity contribution in [1.82, 2.24) is 10.2 Å². The highest BCUT2D eigenvalue weighted by Crippen LogP contribution is 2.31. The second kappa shape index (κ2) is 9.13. The zero-order valence-corrected chi connectivity index (χ0v) is 18.4. The van der Waals surface area contributed by atoms with E-state index in [1.807, 2.05) is 6.07 Å². The molecule has 1 heterocycles. The average molecular weight is 472 g/mol. The number of urea groups is 1. The fourth-order valence-electron chi connectivity index (χ4n) is 3.16. The number of benzene rings is 2. The van der Waals surface area contributed by atoms with Crippen molar-refractivity contribution >= 4 is 39.5 Å². The quantitative estimate of drug-likeness (QED) is 0.638. The van der Waals surface area contributed by atoms with Crippen LogP contribution >= 0.6 is 15.9 Å². The molecule has 1 aliphatic heterocycles. The van der Waals surface area contributed by atoms with Crippen molar-refractivity contribution in [1.29, 1.82) is 0 Å². The molecule has 0 aliphatic carbocycles. The maximum atomic E-state index is 12.5. The number of hydrogen-bond acceptors (Lipinski definition) is 4. The minimum atomic E-state index is -0.638. The van der Waals surface area contributed by atoms with Crippen LogP contribution in [-0.4, -0.2) is 36.5 Å². The van der Waals surface area contributed by atoms with Crippen LogP contribution in [0.2, 0.25) is 0 Å². The van der Waals surface area contributed by atoms with Gasteiger partial charge >= 0.3 is 12.0 Å². The lowest BCUT2D eigenvalue weighted by Gasteiger charge is -2.33. The van der Waals surface area contributed by atoms with Gasteiger partial charge in [-0.3, -0.25) is 4.79 Å². The number of amides is 3. The van der Waals surface area contributed by atoms with Crippen LogP contribution in [0.3, 0.4) is 0 Å². The van der Waals surface area contributed by atoms with E-state index in [-0.39, 0.29) is 18.5 Å². The van der Waals surface area contributed by atoms with Gasteiger partial charge in [0.2, 0.25) is 0 Å². The van der Waals surface area contributed by atoms with Gasteiger partial charge in [0.25, 0.3) is 5.91 Å². The number of allylic oxidation sites excluding steroid dienone is 1. The summed E-state index contributed by atoms with van der Waals surface area (Å²) in [5.74, 6) is -0.719. The Morgan fingerprint density at radius 2 is 1.83 bits per heavy atom. The van der Waals surface area contributed by atoms with Gasteiger partial charge in [-0.2, -0.15) is 0 Å². The van der Waals surface area contributed by atoms with Crippen molar-refractivity contribution in [2.24, 2.45) is 0 Å². The van der Waals surface area contributed by atoms with Gasteiger partial charge in [-0.15, -0.1) is 0 Å². The summed E-state index contributed by atoms with van der Waals surface area (Å²) in [6.45, 7) is 3.68. The van der Waals surface area contributed by atoms with E-state index in [9.17, 15) is 14.4 Å². The van der Waals surface area contributed by atoms with E-state index in [0.29, 0.717) is 32.6 Å². The van der Waals surface area contributed by atoms with Crippen LogP contribution in [0.5, 0.6) is 0 Å². The third-order valence-corrected chi connectivity index (χ3v) is 5.56. The number of halogens is 1. The highest BCUT2D eigenvalue weighted by Gasteiger charge is 2.34. The molecule has 0 saturated carbocycles. The van der Waals surface area contributed by atoms with Crippen molar-refractivity contribution in [2.75, 3.05) is 19.0 Å². The van der Waals surface area contributed by atoms with Gasteiger partial charge in [0.15, 0.2) is 0 Å². The number of carbonyl (C=O) groups excluding carboxylic acids is 3. The lowest BCUT2D eigenvalue weighted by molar-refractivity contribution is -0.139. The zero-order chi connectivity index (χ0) is 21.8. The van der Waals surface area contributed by atoms with E-state index in [1.54, 1.807) is 63.4 Å². The fourth-order valence-corrected chi connectivity index (χ4v) is 3.63. The summed E-state index contributed by atoms with van der Waals surface area (Å²) in [5.41, 5.74) is 2.74. The molecular formula is C22H22BrN3O4. The Labute approximate surface area is 183 Å². The van der Waals surface area contributed by atoms with Crippen LogP contribution in [0.25, 0.3) is 0 Å². The molecule has 0 saturated heterocycles. The molecule has 0 spiro atoms. The van der Waals surface area contributed by atoms with Crippen LogP contribution in [0.4, 0.5) is 10.5 Å². The molecule has 0 bridgehead atoms. The van der Waals surface area contributed by atoms with Gasteiger partial charge in [-0.1, -0.05) is 24.3 Å². The molecule has 1 aliphatic rings. The zero-order valence-electron chi connectivity index (χ0n) is 16.9. The highest BCUT2D eigenvalue weighted by molar-refractivity contribution is 9.10. The van der Waals surface area contributed by atoms with Gasteiger partial charge in [0.1, 0.15) is 0 Å². The van der Waals surface area contributed by atoms with Gasteiger partial charge in [0, 0.05) is 22.9 Å². The molecule has 1 unspecified atom stereocenters. The summed E-state index contributed by atoms with van der Waals surface area (Å²) in [7, 11) is 1.60. The van der Waals surface area contributed by atoms with Gasteiger partial charge in [-0.05, 0) is 59.6 Å². The Balaban J connectivity index is 1.85. The van der Waals surface area contributed by atoms with Crippen LogP contribution in [0, 0.1) is 0 Å². The van der Waals surface area contributed by atoms with Crippen LogP contribution in [-0.2, 0) is 9.53 Å². The smallest absolute Gasteiger partial charge is 0.338 e. The molecule has 156 valence electrons. The fraction of sp³-hybridized carbons (Fsp3) is 0.227. The van der Waals surface area contributed by atoms with E-state index in [0.717, 1.165) is 0 Å². The lowest BCUT2D eigenvalue weighted by atomic mass is 9.95. The molecule has 0 radical (unpaired) electrons. The molecule has 0 aromatic heterocycles. The molecule has 2 aromatic carbocycles. The Morgan fingerprint density at radius 3 is 2.47 bits per heavy atom. The largest absolute Gasteiger partial charge is 0.463 e. The topological polar surface area (TPSA) is 87.7 Å². The van der Waals surface area contributed by atoms with Gasteiger partial charge in [-0.25, -0.2) is 9.59 Å². The summed E-state index contributed by atoms with van der Waals surface area (Å²) in [6.07, 6.45) is 0. The Hall–Kier alpha value is -3.13. The Morgan fingerprint density at radius 1 is 1.17 bits per heavy atom. The molecule has 3 amide bonds. The number of esters is 1. The van der Waals surface area contributed by atoms with Crippen molar-refractivity contribution in [2.45, 2.75) is 19.9 Å². The summed E-state index contributed by atoms with van der Waals surface area (Å²) in [4.78, 5) is 38.7. The summed E-state index contributed by atoms with van der Waals surface area (Å²) in [6, 6.07) is 13.2. The SMILES string of the molecule is CCOC(=O)C1=C(C)N(C)C(=O)NC1c1ccc(NC(=O)c2ccccc2Br)cc1. The monoisotopic (exact) mass is 471 g/mol. The highest BCUT2D eigenvalue weighted by atomic mass is 79.9. The number of anilines is 1. The van der Waals surface area contributed by atoms with Gasteiger partial charge in [0.05, 0.1) is 23.8 Å². The number of nitrogens with zero attached hydrogens (tertiary/aromatic N) is 1. The van der Waals surface area contributed by atoms with Crippen LogP contribution in [0.1, 0.15) is 35.8 Å². The minimum absolute atomic E-state index is 0.236. The lowest BCUT2D eigenvalue weighted by Crippen LogP contribution is -2.46. The molecule has 1 atom stereocenters. The molecular weight excluding hydrogens is 450 g/mol. The summed E-state index contributed by atoms with van der Waals surface area (Å²) in [5, 5.41) is 5.67. The van der Waals surface area contributed by atoms with E-state index in [1.165, 1.54) is 4.90 Å². The molecule has 2 N–H and O–H groups in total. The first-order valence-corrected chi connectivity index (χ1v) is 10.2. The number of hydrogen-bond donors (Lipinski definition) is 2. The first-order chi connectivity index (χ1) is 14.3. The Kier molecular flexibility index (Phi) is 6.56. The van der Waals surface area contributed by atoms with E-state index in [4.69, 9.17) is 4.74 Å². The first kappa shape index (κ1) is 21.6. The maximum Gasteiger partial charge on any atom is 0.338 e. The van der Waals surface area contributed by atoms with E-state index in [2.05, 4.69) is 26.6 Å². The minimum Gasteiger partial charge on any atom is -0.463 e. The molecule has 2 aromatic rings. The van der Waals surface area contributed by atoms with Crippen molar-refractivity contribution in [3.05, 3.63) is 75.4 Å². The molecule has 3 rings (SSSR count). The maximum absolute atomic E-state index is 12.5. The summed E-state index contributed by atoms with van der Waals surface area (Å²) < 4.78 is 5.89. The average Bonchev–Trinajstić information content (AvgIpc) is 2.72. The standard InChI is InChI=1S/C22H22BrN3O4/c1-4-30-21(28)18-13(2)26(3)22(29)25-19(18)14-9-11-15(12-10-14)24-20(27)16-7-5-6-8-17(16)23/h5-12,19H,4H2,1-3H3,(H,24,27)(H,25,29). The van der Waals surface area contributed by atoms with Crippen molar-refractivity contribution in [3.8, 4) is 0 Å². The second-order valence-electron chi connectivity index (χ2n) is 6.72. The van der Waals surface area contributed by atoms with Crippen LogP contribution < -0.4 is 10.6 Å². The summed E-state index contributed by atoms with van der Waals surface area (Å²) >= 11 is 3.37. The normalized spacial score (nSPS) is 16.2. The third kappa shape index (κ3) is 4.38. The second-order valence-corrected chi connectivity index (χ2v) is 7.57. The number of nitrogens with one attached hydrogen (secondary N) is 2. The van der Waals surface area contributed by atoms with Crippen molar-refractivity contribution in [3.63, 3.8) is 0 Å². The van der Waals surface area contributed by atoms with E-state index >= 15 is 0 Å². The molecule has 8 heteroatoms. The third-order valence-electron chi connectivity index (χ3n) is 4.87.